The van der Waals surface area contributed by atoms with Crippen LogP contribution in [0, 0.1) is 5.41 Å². The van der Waals surface area contributed by atoms with E-state index in [1.165, 1.54) is 11.1 Å². The molecule has 2 aromatic rings. The van der Waals surface area contributed by atoms with E-state index in [1.54, 1.807) is 0 Å². The zero-order chi connectivity index (χ0) is 19.0. The fourth-order valence-electron chi connectivity index (χ4n) is 3.15. The van der Waals surface area contributed by atoms with E-state index in [2.05, 4.69) is 58.4 Å². The van der Waals surface area contributed by atoms with Crippen LogP contribution in [-0.4, -0.2) is 29.0 Å². The first-order chi connectivity index (χ1) is 12.9. The zero-order valence-corrected chi connectivity index (χ0v) is 16.0. The van der Waals surface area contributed by atoms with Gasteiger partial charge in [0.05, 0.1) is 13.2 Å². The number of benzene rings is 1. The predicted octanol–water partition coefficient (Wildman–Crippen LogP) is 2.73. The van der Waals surface area contributed by atoms with Crippen molar-refractivity contribution in [2.75, 3.05) is 29.2 Å². The summed E-state index contributed by atoms with van der Waals surface area (Å²) < 4.78 is 0. The number of aliphatic imine (C=N–C) groups is 1. The van der Waals surface area contributed by atoms with Gasteiger partial charge >= 0.3 is 0 Å². The van der Waals surface area contributed by atoms with E-state index in [1.807, 2.05) is 24.4 Å². The first kappa shape index (κ1) is 17.3. The van der Waals surface area contributed by atoms with Crippen molar-refractivity contribution < 1.29 is 0 Å². The molecule has 0 saturated heterocycles. The van der Waals surface area contributed by atoms with Crippen molar-refractivity contribution >= 4 is 23.2 Å². The van der Waals surface area contributed by atoms with Crippen molar-refractivity contribution in [3.63, 3.8) is 0 Å². The molecule has 2 aliphatic heterocycles. The molecule has 7 nitrogen and oxygen atoms in total. The molecule has 7 heteroatoms. The fraction of sp³-hybridized carbons (Fsp3) is 0.350. The van der Waals surface area contributed by atoms with Crippen molar-refractivity contribution in [1.82, 2.24) is 15.3 Å². The van der Waals surface area contributed by atoms with E-state index < -0.39 is 0 Å². The number of nitrogens with two attached hydrogens (primary N) is 1. The van der Waals surface area contributed by atoms with Crippen LogP contribution in [0.2, 0.25) is 0 Å². The monoisotopic (exact) mass is 363 g/mol. The number of hydrogen-bond donors (Lipinski definition) is 3. The van der Waals surface area contributed by atoms with Gasteiger partial charge in [-0.1, -0.05) is 51.1 Å². The normalized spacial score (nSPS) is 16.2. The Balaban J connectivity index is 1.60. The van der Waals surface area contributed by atoms with Gasteiger partial charge in [-0.3, -0.25) is 4.99 Å². The molecule has 140 valence electrons. The number of anilines is 3. The lowest BCUT2D eigenvalue weighted by molar-refractivity contribution is 0.490. The smallest absolute Gasteiger partial charge is 0.199 e. The summed E-state index contributed by atoms with van der Waals surface area (Å²) in [5.41, 5.74) is 9.52. The third-order valence-electron chi connectivity index (χ3n) is 4.85. The number of nitrogen functional groups attached to an aromatic ring is 1. The number of nitrogens with zero attached hydrogens (tertiary/aromatic N) is 4. The molecule has 4 N–H and O–H groups in total. The maximum atomic E-state index is 6.19. The third-order valence-corrected chi connectivity index (χ3v) is 4.85. The SMILES string of the molecule is CC(C)(C)C1=CNC(c2nc(N)c3c(n2)N(Cc2ccccc2)CN3)=NC1. The highest BCUT2D eigenvalue weighted by atomic mass is 15.3. The van der Waals surface area contributed by atoms with Gasteiger partial charge in [0.15, 0.2) is 23.3 Å². The van der Waals surface area contributed by atoms with E-state index >= 15 is 0 Å². The van der Waals surface area contributed by atoms with Crippen molar-refractivity contribution in [3.8, 4) is 0 Å². The molecule has 0 amide bonds. The Hall–Kier alpha value is -3.09. The van der Waals surface area contributed by atoms with Crippen LogP contribution in [0.4, 0.5) is 17.3 Å². The summed E-state index contributed by atoms with van der Waals surface area (Å²) in [6.07, 6.45) is 2.01. The van der Waals surface area contributed by atoms with Crippen molar-refractivity contribution in [3.05, 3.63) is 53.5 Å². The van der Waals surface area contributed by atoms with Crippen molar-refractivity contribution in [2.24, 2.45) is 10.4 Å². The van der Waals surface area contributed by atoms with Crippen LogP contribution < -0.4 is 21.3 Å². The molecule has 0 aliphatic carbocycles. The molecule has 27 heavy (non-hydrogen) atoms. The van der Waals surface area contributed by atoms with Gasteiger partial charge in [-0.2, -0.15) is 0 Å². The van der Waals surface area contributed by atoms with E-state index in [9.17, 15) is 0 Å². The van der Waals surface area contributed by atoms with E-state index in [-0.39, 0.29) is 5.41 Å². The maximum Gasteiger partial charge on any atom is 0.199 e. The van der Waals surface area contributed by atoms with Crippen LogP contribution >= 0.6 is 0 Å². The van der Waals surface area contributed by atoms with Gasteiger partial charge in [0.2, 0.25) is 0 Å². The topological polar surface area (TPSA) is 91.5 Å². The van der Waals surface area contributed by atoms with Gasteiger partial charge in [0.25, 0.3) is 0 Å². The average molecular weight is 363 g/mol. The average Bonchev–Trinajstić information content (AvgIpc) is 3.05. The number of rotatable bonds is 3. The highest BCUT2D eigenvalue weighted by Gasteiger charge is 2.27. The minimum atomic E-state index is 0.0796. The Labute approximate surface area is 159 Å². The molecule has 0 bridgehead atoms. The van der Waals surface area contributed by atoms with Crippen LogP contribution in [0.25, 0.3) is 0 Å². The number of hydrogen-bond acceptors (Lipinski definition) is 7. The number of fused-ring (bicyclic) bond motifs is 1. The highest BCUT2D eigenvalue weighted by Crippen LogP contribution is 2.34. The van der Waals surface area contributed by atoms with Crippen molar-refractivity contribution in [1.29, 1.82) is 0 Å². The minimum absolute atomic E-state index is 0.0796. The van der Waals surface area contributed by atoms with Crippen LogP contribution in [0.5, 0.6) is 0 Å². The first-order valence-corrected chi connectivity index (χ1v) is 9.13. The molecular formula is C20H25N7. The molecule has 0 fully saturated rings. The largest absolute Gasteiger partial charge is 0.382 e. The zero-order valence-electron chi connectivity index (χ0n) is 16.0. The quantitative estimate of drug-likeness (QED) is 0.777. The molecule has 0 spiro atoms. The molecule has 0 atom stereocenters. The molecular weight excluding hydrogens is 338 g/mol. The van der Waals surface area contributed by atoms with Gasteiger partial charge in [0.1, 0.15) is 5.69 Å². The number of aromatic nitrogens is 2. The van der Waals surface area contributed by atoms with Crippen LogP contribution in [-0.2, 0) is 6.54 Å². The number of nitrogens with one attached hydrogen (secondary N) is 2. The summed E-state index contributed by atoms with van der Waals surface area (Å²) in [6, 6.07) is 10.3. The Bertz CT molecular complexity index is 910. The second-order valence-electron chi connectivity index (χ2n) is 7.88. The fourth-order valence-corrected chi connectivity index (χ4v) is 3.15. The van der Waals surface area contributed by atoms with E-state index in [0.717, 1.165) is 18.1 Å². The second kappa shape index (κ2) is 6.57. The summed E-state index contributed by atoms with van der Waals surface area (Å²) in [5.74, 6) is 2.44. The maximum absolute atomic E-state index is 6.19. The lowest BCUT2D eigenvalue weighted by Crippen LogP contribution is -2.30. The highest BCUT2D eigenvalue weighted by molar-refractivity contribution is 5.98. The Morgan fingerprint density at radius 2 is 1.93 bits per heavy atom. The molecule has 1 aromatic heterocycles. The Morgan fingerprint density at radius 1 is 1.15 bits per heavy atom. The Kier molecular flexibility index (Phi) is 4.22. The van der Waals surface area contributed by atoms with E-state index in [0.29, 0.717) is 30.7 Å². The van der Waals surface area contributed by atoms with E-state index in [4.69, 9.17) is 10.7 Å². The van der Waals surface area contributed by atoms with Crippen molar-refractivity contribution in [2.45, 2.75) is 27.3 Å². The predicted molar refractivity (Wildman–Crippen MR) is 110 cm³/mol. The van der Waals surface area contributed by atoms with Gasteiger partial charge in [0, 0.05) is 12.7 Å². The summed E-state index contributed by atoms with van der Waals surface area (Å²) >= 11 is 0. The van der Waals surface area contributed by atoms with Gasteiger partial charge < -0.3 is 21.3 Å². The standard InChI is InChI=1S/C20H25N7/c1-20(2,3)14-9-22-17(23-10-14)18-25-16(21)15-19(26-18)27(12-24-15)11-13-7-5-4-6-8-13/h4-9,24H,10-12H2,1-3H3,(H,22,23)(H2,21,25,26). The lowest BCUT2D eigenvalue weighted by Gasteiger charge is -2.25. The summed E-state index contributed by atoms with van der Waals surface area (Å²) in [6.45, 7) is 8.58. The molecule has 0 radical (unpaired) electrons. The summed E-state index contributed by atoms with van der Waals surface area (Å²) in [7, 11) is 0. The Morgan fingerprint density at radius 3 is 2.59 bits per heavy atom. The minimum Gasteiger partial charge on any atom is -0.382 e. The van der Waals surface area contributed by atoms with Gasteiger partial charge in [-0.05, 0) is 16.6 Å². The molecule has 3 heterocycles. The van der Waals surface area contributed by atoms with Crippen LogP contribution in [0.3, 0.4) is 0 Å². The first-order valence-electron chi connectivity index (χ1n) is 9.13. The molecule has 1 aromatic carbocycles. The van der Waals surface area contributed by atoms with Crippen LogP contribution in [0.15, 0.2) is 47.1 Å². The molecule has 0 unspecified atom stereocenters. The number of amidine groups is 1. The molecule has 2 aliphatic rings. The lowest BCUT2D eigenvalue weighted by atomic mass is 9.87. The van der Waals surface area contributed by atoms with Gasteiger partial charge in [-0.25, -0.2) is 9.97 Å². The second-order valence-corrected chi connectivity index (χ2v) is 7.88. The molecule has 0 saturated carbocycles. The summed E-state index contributed by atoms with van der Waals surface area (Å²) in [4.78, 5) is 16.0. The third kappa shape index (κ3) is 3.45. The summed E-state index contributed by atoms with van der Waals surface area (Å²) in [5, 5.41) is 6.54. The van der Waals surface area contributed by atoms with Crippen LogP contribution in [0.1, 0.15) is 32.2 Å². The molecule has 4 rings (SSSR count). The van der Waals surface area contributed by atoms with Gasteiger partial charge in [-0.15, -0.1) is 0 Å².